The molecule has 1 heterocycles. The van der Waals surface area contributed by atoms with Gasteiger partial charge < -0.3 is 10.1 Å². The number of rotatable bonds is 6. The second-order valence-corrected chi connectivity index (χ2v) is 6.27. The maximum Gasteiger partial charge on any atom is 0.269 e. The predicted molar refractivity (Wildman–Crippen MR) is 109 cm³/mol. The number of aromatic nitrogens is 1. The lowest BCUT2D eigenvalue weighted by atomic mass is 10.1. The van der Waals surface area contributed by atoms with Gasteiger partial charge >= 0.3 is 0 Å². The minimum absolute atomic E-state index is 0.101. The number of pyridine rings is 1. The van der Waals surface area contributed by atoms with Crippen LogP contribution in [0.4, 0.5) is 0 Å². The lowest BCUT2D eigenvalue weighted by Crippen LogP contribution is -2.18. The van der Waals surface area contributed by atoms with E-state index in [4.69, 9.17) is 16.3 Å². The normalized spacial score (nSPS) is 10.6. The SMILES string of the molecule is CNC(=O)c1cc(Oc2ccc(/C=C/C(=O)c3ccc(Cl)cc3)cc2)ccn1. The van der Waals surface area contributed by atoms with Crippen molar-refractivity contribution in [3.8, 4) is 11.5 Å². The van der Waals surface area contributed by atoms with Crippen LogP contribution in [0.15, 0.2) is 72.9 Å². The third-order valence-electron chi connectivity index (χ3n) is 3.86. The number of allylic oxidation sites excluding steroid dienone is 1. The summed E-state index contributed by atoms with van der Waals surface area (Å²) in [5, 5.41) is 3.11. The van der Waals surface area contributed by atoms with Crippen LogP contribution in [-0.4, -0.2) is 23.7 Å². The molecule has 0 fully saturated rings. The predicted octanol–water partition coefficient (Wildman–Crippen LogP) is 4.78. The summed E-state index contributed by atoms with van der Waals surface area (Å²) >= 11 is 5.83. The van der Waals surface area contributed by atoms with Crippen LogP contribution in [0.2, 0.25) is 5.02 Å². The molecule has 0 bridgehead atoms. The Morgan fingerprint density at radius 3 is 2.39 bits per heavy atom. The number of carbonyl (C=O) groups is 2. The van der Waals surface area contributed by atoms with Gasteiger partial charge in [-0.15, -0.1) is 0 Å². The highest BCUT2D eigenvalue weighted by molar-refractivity contribution is 6.30. The first-order valence-corrected chi connectivity index (χ1v) is 8.87. The Labute approximate surface area is 167 Å². The van der Waals surface area contributed by atoms with Gasteiger partial charge in [-0.25, -0.2) is 0 Å². The molecule has 6 heteroatoms. The molecule has 0 saturated carbocycles. The highest BCUT2D eigenvalue weighted by Gasteiger charge is 2.07. The maximum absolute atomic E-state index is 12.2. The zero-order chi connectivity index (χ0) is 19.9. The fraction of sp³-hybridized carbons (Fsp3) is 0.0455. The molecule has 1 amide bonds. The Balaban J connectivity index is 1.66. The number of hydrogen-bond acceptors (Lipinski definition) is 4. The fourth-order valence-electron chi connectivity index (χ4n) is 2.39. The van der Waals surface area contributed by atoms with Crippen LogP contribution in [0.5, 0.6) is 11.5 Å². The highest BCUT2D eigenvalue weighted by Crippen LogP contribution is 2.22. The van der Waals surface area contributed by atoms with Gasteiger partial charge in [-0.05, 0) is 54.1 Å². The van der Waals surface area contributed by atoms with Gasteiger partial charge in [0.05, 0.1) is 0 Å². The van der Waals surface area contributed by atoms with Gasteiger partial charge in [0, 0.05) is 29.9 Å². The van der Waals surface area contributed by atoms with E-state index in [1.807, 2.05) is 12.1 Å². The number of amides is 1. The Hall–Kier alpha value is -3.44. The molecule has 3 rings (SSSR count). The van der Waals surface area contributed by atoms with Crippen molar-refractivity contribution in [2.45, 2.75) is 0 Å². The van der Waals surface area contributed by atoms with Crippen LogP contribution < -0.4 is 10.1 Å². The summed E-state index contributed by atoms with van der Waals surface area (Å²) in [5.74, 6) is 0.733. The van der Waals surface area contributed by atoms with E-state index >= 15 is 0 Å². The van der Waals surface area contributed by atoms with Gasteiger partial charge in [0.1, 0.15) is 17.2 Å². The Kier molecular flexibility index (Phi) is 6.19. The molecule has 28 heavy (non-hydrogen) atoms. The topological polar surface area (TPSA) is 68.3 Å². The molecule has 0 aliphatic heterocycles. The maximum atomic E-state index is 12.2. The van der Waals surface area contributed by atoms with E-state index in [-0.39, 0.29) is 17.4 Å². The largest absolute Gasteiger partial charge is 0.457 e. The molecule has 0 unspecified atom stereocenters. The van der Waals surface area contributed by atoms with Crippen LogP contribution in [0, 0.1) is 0 Å². The molecular formula is C22H17ClN2O3. The molecule has 0 spiro atoms. The first-order valence-electron chi connectivity index (χ1n) is 8.49. The molecule has 0 saturated heterocycles. The van der Waals surface area contributed by atoms with Crippen molar-refractivity contribution in [3.63, 3.8) is 0 Å². The molecular weight excluding hydrogens is 376 g/mol. The summed E-state index contributed by atoms with van der Waals surface area (Å²) < 4.78 is 5.75. The van der Waals surface area contributed by atoms with Crippen LogP contribution in [-0.2, 0) is 0 Å². The molecule has 1 N–H and O–H groups in total. The average Bonchev–Trinajstić information content (AvgIpc) is 2.73. The number of nitrogens with zero attached hydrogens (tertiary/aromatic N) is 1. The first-order chi connectivity index (χ1) is 13.5. The van der Waals surface area contributed by atoms with Crippen molar-refractivity contribution in [2.24, 2.45) is 0 Å². The van der Waals surface area contributed by atoms with Crippen LogP contribution in [0.25, 0.3) is 6.08 Å². The molecule has 1 aromatic heterocycles. The molecule has 2 aromatic carbocycles. The van der Waals surface area contributed by atoms with Crippen LogP contribution >= 0.6 is 11.6 Å². The van der Waals surface area contributed by atoms with Crippen LogP contribution in [0.3, 0.4) is 0 Å². The van der Waals surface area contributed by atoms with E-state index in [2.05, 4.69) is 10.3 Å². The molecule has 0 aliphatic carbocycles. The smallest absolute Gasteiger partial charge is 0.269 e. The Morgan fingerprint density at radius 2 is 1.71 bits per heavy atom. The van der Waals surface area contributed by atoms with E-state index in [9.17, 15) is 9.59 Å². The lowest BCUT2D eigenvalue weighted by Gasteiger charge is -2.07. The summed E-state index contributed by atoms with van der Waals surface area (Å²) in [6.45, 7) is 0. The lowest BCUT2D eigenvalue weighted by molar-refractivity contribution is 0.0957. The minimum Gasteiger partial charge on any atom is -0.457 e. The Morgan fingerprint density at radius 1 is 1.00 bits per heavy atom. The van der Waals surface area contributed by atoms with Crippen molar-refractivity contribution in [1.82, 2.24) is 10.3 Å². The summed E-state index contributed by atoms with van der Waals surface area (Å²) in [7, 11) is 1.54. The molecule has 140 valence electrons. The zero-order valence-electron chi connectivity index (χ0n) is 15.1. The van der Waals surface area contributed by atoms with Gasteiger partial charge in [0.15, 0.2) is 5.78 Å². The van der Waals surface area contributed by atoms with Crippen molar-refractivity contribution < 1.29 is 14.3 Å². The van der Waals surface area contributed by atoms with E-state index in [0.29, 0.717) is 22.1 Å². The monoisotopic (exact) mass is 392 g/mol. The van der Waals surface area contributed by atoms with Gasteiger partial charge in [-0.3, -0.25) is 14.6 Å². The summed E-state index contributed by atoms with van der Waals surface area (Å²) in [4.78, 5) is 27.8. The summed E-state index contributed by atoms with van der Waals surface area (Å²) in [5.41, 5.74) is 1.71. The van der Waals surface area contributed by atoms with Crippen molar-refractivity contribution in [3.05, 3.63) is 94.8 Å². The number of hydrogen-bond donors (Lipinski definition) is 1. The number of benzene rings is 2. The van der Waals surface area contributed by atoms with Gasteiger partial charge in [0.25, 0.3) is 5.91 Å². The van der Waals surface area contributed by atoms with Gasteiger partial charge in [-0.1, -0.05) is 29.8 Å². The van der Waals surface area contributed by atoms with E-state index < -0.39 is 0 Å². The number of carbonyl (C=O) groups excluding carboxylic acids is 2. The number of ether oxygens (including phenoxy) is 1. The average molecular weight is 393 g/mol. The van der Waals surface area contributed by atoms with Crippen molar-refractivity contribution in [1.29, 1.82) is 0 Å². The van der Waals surface area contributed by atoms with Crippen molar-refractivity contribution >= 4 is 29.4 Å². The third-order valence-corrected chi connectivity index (χ3v) is 4.11. The molecule has 0 radical (unpaired) electrons. The fourth-order valence-corrected chi connectivity index (χ4v) is 2.52. The Bertz CT molecular complexity index is 1010. The van der Waals surface area contributed by atoms with E-state index in [0.717, 1.165) is 5.56 Å². The van der Waals surface area contributed by atoms with Crippen molar-refractivity contribution in [2.75, 3.05) is 7.05 Å². The highest BCUT2D eigenvalue weighted by atomic mass is 35.5. The van der Waals surface area contributed by atoms with E-state index in [1.165, 1.54) is 12.3 Å². The van der Waals surface area contributed by atoms with E-state index in [1.54, 1.807) is 61.7 Å². The number of ketones is 1. The van der Waals surface area contributed by atoms with Gasteiger partial charge in [-0.2, -0.15) is 0 Å². The third kappa shape index (κ3) is 5.05. The minimum atomic E-state index is -0.281. The molecule has 0 atom stereocenters. The summed E-state index contributed by atoms with van der Waals surface area (Å²) in [6, 6.07) is 17.2. The van der Waals surface area contributed by atoms with Gasteiger partial charge in [0.2, 0.25) is 0 Å². The number of nitrogens with one attached hydrogen (secondary N) is 1. The van der Waals surface area contributed by atoms with Crippen LogP contribution in [0.1, 0.15) is 26.4 Å². The number of halogens is 1. The quantitative estimate of drug-likeness (QED) is 0.484. The molecule has 0 aliphatic rings. The summed E-state index contributed by atoms with van der Waals surface area (Å²) in [6.07, 6.45) is 4.76. The molecule has 3 aromatic rings. The zero-order valence-corrected chi connectivity index (χ0v) is 15.8. The second-order valence-electron chi connectivity index (χ2n) is 5.83. The standard InChI is InChI=1S/C22H17ClN2O3/c1-24-22(27)20-14-19(12-13-25-20)28-18-9-2-15(3-10-18)4-11-21(26)16-5-7-17(23)8-6-16/h2-14H,1H3,(H,24,27)/b11-4+. The first kappa shape index (κ1) is 19.3. The molecule has 5 nitrogen and oxygen atoms in total. The second kappa shape index (κ2) is 8.97.